The second kappa shape index (κ2) is 38.7. The number of likely N-dealkylation sites (N-methyl/N-ethyl adjacent to an activating group) is 1. The SMILES string of the molecule is CC/C=C\C/C=C\C/C=C\C/C=C\C[C@H](O)[C@@H](O)CCCC(=O)OC[C@H](COP(=O)(O)OCC[N+](C)(C)C)OC(=O)CCC/C=C\C/C=C\C/C=C\C/C=C\CCCCC. The number of ether oxygens (including phenoxy) is 2. The molecule has 0 aliphatic heterocycles. The van der Waals surface area contributed by atoms with Gasteiger partial charge in [-0.15, -0.1) is 0 Å². The number of hydrogen-bond acceptors (Lipinski definition) is 9. The second-order valence-electron chi connectivity index (χ2n) is 15.7. The maximum Gasteiger partial charge on any atom is 0.472 e. The first kappa shape index (κ1) is 56.9. The Balaban J connectivity index is 4.71. The van der Waals surface area contributed by atoms with Gasteiger partial charge in [0.05, 0.1) is 40.0 Å². The molecule has 0 aliphatic rings. The lowest BCUT2D eigenvalue weighted by atomic mass is 10.0. The van der Waals surface area contributed by atoms with Crippen LogP contribution in [0.1, 0.15) is 129 Å². The molecule has 0 fully saturated rings. The van der Waals surface area contributed by atoms with E-state index in [4.69, 9.17) is 18.5 Å². The molecule has 0 spiro atoms. The highest BCUT2D eigenvalue weighted by molar-refractivity contribution is 7.47. The largest absolute Gasteiger partial charge is 0.472 e. The van der Waals surface area contributed by atoms with Gasteiger partial charge in [-0.05, 0) is 89.9 Å². The highest BCUT2D eigenvalue weighted by Gasteiger charge is 2.27. The van der Waals surface area contributed by atoms with Crippen molar-refractivity contribution in [2.75, 3.05) is 47.5 Å². The zero-order valence-electron chi connectivity index (χ0n) is 37.6. The van der Waals surface area contributed by atoms with E-state index in [9.17, 15) is 29.3 Å². The van der Waals surface area contributed by atoms with Gasteiger partial charge in [0.2, 0.25) is 0 Å². The number of quaternary nitrogens is 1. The molecule has 11 nitrogen and oxygen atoms in total. The summed E-state index contributed by atoms with van der Waals surface area (Å²) in [5.41, 5.74) is 0. The van der Waals surface area contributed by atoms with Crippen LogP contribution in [-0.2, 0) is 32.7 Å². The van der Waals surface area contributed by atoms with E-state index in [2.05, 4.69) is 80.7 Å². The molecule has 342 valence electrons. The Morgan fingerprint density at radius 3 is 1.63 bits per heavy atom. The molecule has 0 rings (SSSR count). The lowest BCUT2D eigenvalue weighted by Gasteiger charge is -2.24. The number of unbranched alkanes of at least 4 members (excludes halogenated alkanes) is 4. The lowest BCUT2D eigenvalue weighted by Crippen LogP contribution is -2.37. The van der Waals surface area contributed by atoms with E-state index in [1.165, 1.54) is 19.3 Å². The molecule has 0 aromatic heterocycles. The predicted octanol–water partition coefficient (Wildman–Crippen LogP) is 10.5. The summed E-state index contributed by atoms with van der Waals surface area (Å²) in [6, 6.07) is 0. The van der Waals surface area contributed by atoms with Gasteiger partial charge in [0, 0.05) is 12.8 Å². The smallest absolute Gasteiger partial charge is 0.462 e. The molecule has 12 heteroatoms. The number of aliphatic hydroxyl groups excluding tert-OH is 2. The molecule has 1 unspecified atom stereocenters. The molecule has 0 heterocycles. The van der Waals surface area contributed by atoms with Gasteiger partial charge >= 0.3 is 19.8 Å². The van der Waals surface area contributed by atoms with Crippen molar-refractivity contribution in [1.82, 2.24) is 0 Å². The minimum atomic E-state index is -4.47. The fraction of sp³-hybridized carbons (Fsp3) is 0.625. The lowest BCUT2D eigenvalue weighted by molar-refractivity contribution is -0.870. The van der Waals surface area contributed by atoms with Crippen molar-refractivity contribution in [3.63, 3.8) is 0 Å². The summed E-state index contributed by atoms with van der Waals surface area (Å²) in [6.45, 7) is 3.84. The third-order valence-electron chi connectivity index (χ3n) is 8.80. The number of nitrogens with zero attached hydrogens (tertiary/aromatic N) is 1. The molecule has 4 atom stereocenters. The minimum absolute atomic E-state index is 0.0296. The molecule has 0 aromatic carbocycles. The van der Waals surface area contributed by atoms with E-state index in [0.717, 1.165) is 51.4 Å². The first-order valence-electron chi connectivity index (χ1n) is 22.1. The molecule has 0 radical (unpaired) electrons. The van der Waals surface area contributed by atoms with Crippen LogP contribution in [0.15, 0.2) is 97.2 Å². The number of rotatable bonds is 38. The Morgan fingerprint density at radius 2 is 1.10 bits per heavy atom. The van der Waals surface area contributed by atoms with Gasteiger partial charge < -0.3 is 29.1 Å². The van der Waals surface area contributed by atoms with Crippen LogP contribution in [0.2, 0.25) is 0 Å². The zero-order valence-corrected chi connectivity index (χ0v) is 38.5. The Morgan fingerprint density at radius 1 is 0.600 bits per heavy atom. The van der Waals surface area contributed by atoms with Gasteiger partial charge in [0.1, 0.15) is 19.8 Å². The number of esters is 2. The van der Waals surface area contributed by atoms with Gasteiger partial charge in [-0.3, -0.25) is 18.6 Å². The first-order valence-corrected chi connectivity index (χ1v) is 23.6. The summed E-state index contributed by atoms with van der Waals surface area (Å²) in [4.78, 5) is 35.4. The van der Waals surface area contributed by atoms with Crippen molar-refractivity contribution in [2.45, 2.75) is 148 Å². The van der Waals surface area contributed by atoms with E-state index in [1.807, 2.05) is 51.5 Å². The fourth-order valence-electron chi connectivity index (χ4n) is 5.21. The van der Waals surface area contributed by atoms with Gasteiger partial charge in [-0.25, -0.2) is 4.57 Å². The van der Waals surface area contributed by atoms with Crippen LogP contribution in [0.25, 0.3) is 0 Å². The van der Waals surface area contributed by atoms with Crippen LogP contribution in [0.3, 0.4) is 0 Å². The number of carbonyl (C=O) groups excluding carboxylic acids is 2. The van der Waals surface area contributed by atoms with Gasteiger partial charge in [0.15, 0.2) is 6.10 Å². The standard InChI is InChI=1S/C48H80NO10P/c1-6-8-10-12-14-16-18-20-21-22-23-24-26-28-30-32-34-38-48(53)59-44(43-58-60(54,55)57-41-40-49(3,4)5)42-56-47(52)39-35-37-46(51)45(50)36-33-31-29-27-25-19-17-15-13-11-9-7-2/h9,11,14-17,20-21,23-25,27-28,30-31,33,44-46,50-51H,6-8,10,12-13,18-19,22,26,29,32,34-43H2,1-5H3/p+1/b11-9-,16-14-,17-15-,21-20-,24-23-,27-25-,30-28-,33-31-/t44-,45+,46+/m1/s1. The number of phosphoric ester groups is 1. The number of phosphoric acid groups is 1. The van der Waals surface area contributed by atoms with Crippen molar-refractivity contribution in [3.8, 4) is 0 Å². The Bertz CT molecular complexity index is 1380. The van der Waals surface area contributed by atoms with E-state index in [0.29, 0.717) is 23.9 Å². The summed E-state index contributed by atoms with van der Waals surface area (Å²) in [6.07, 6.45) is 43.6. The third-order valence-corrected chi connectivity index (χ3v) is 9.78. The van der Waals surface area contributed by atoms with Crippen LogP contribution in [0, 0.1) is 0 Å². The van der Waals surface area contributed by atoms with Crippen LogP contribution in [-0.4, -0.2) is 97.3 Å². The minimum Gasteiger partial charge on any atom is -0.462 e. The van der Waals surface area contributed by atoms with E-state index >= 15 is 0 Å². The number of carbonyl (C=O) groups is 2. The highest BCUT2D eigenvalue weighted by Crippen LogP contribution is 2.43. The molecular weight excluding hydrogens is 781 g/mol. The van der Waals surface area contributed by atoms with Crippen molar-refractivity contribution in [1.29, 1.82) is 0 Å². The molecule has 0 amide bonds. The molecule has 0 aromatic rings. The third kappa shape index (κ3) is 40.3. The number of allylic oxidation sites excluding steroid dienone is 15. The molecule has 0 saturated carbocycles. The monoisotopic (exact) mass is 863 g/mol. The summed E-state index contributed by atoms with van der Waals surface area (Å²) < 4.78 is 34.0. The Hall–Kier alpha value is -3.15. The van der Waals surface area contributed by atoms with Crippen LogP contribution >= 0.6 is 7.82 Å². The van der Waals surface area contributed by atoms with Crippen molar-refractivity contribution >= 4 is 19.8 Å². The number of hydrogen-bond donors (Lipinski definition) is 3. The Labute approximate surface area is 363 Å². The highest BCUT2D eigenvalue weighted by atomic mass is 31.2. The van der Waals surface area contributed by atoms with Gasteiger partial charge in [0.25, 0.3) is 0 Å². The molecule has 0 aliphatic carbocycles. The number of aliphatic hydroxyl groups is 2. The topological polar surface area (TPSA) is 149 Å². The summed E-state index contributed by atoms with van der Waals surface area (Å²) in [7, 11) is 1.27. The zero-order chi connectivity index (χ0) is 44.6. The van der Waals surface area contributed by atoms with Gasteiger partial charge in [-0.2, -0.15) is 0 Å². The summed E-state index contributed by atoms with van der Waals surface area (Å²) in [5.74, 6) is -1.16. The molecule has 60 heavy (non-hydrogen) atoms. The second-order valence-corrected chi connectivity index (χ2v) is 17.1. The van der Waals surface area contributed by atoms with Crippen molar-refractivity contribution in [3.05, 3.63) is 97.2 Å². The summed E-state index contributed by atoms with van der Waals surface area (Å²) >= 11 is 0. The van der Waals surface area contributed by atoms with Crippen LogP contribution < -0.4 is 0 Å². The normalized spacial score (nSPS) is 15.5. The molecule has 0 bridgehead atoms. The molecular formula is C48H81NO10P+. The van der Waals surface area contributed by atoms with E-state index < -0.39 is 51.3 Å². The van der Waals surface area contributed by atoms with Gasteiger partial charge in [-0.1, -0.05) is 124 Å². The first-order chi connectivity index (χ1) is 28.8. The van der Waals surface area contributed by atoms with Crippen LogP contribution in [0.5, 0.6) is 0 Å². The maximum absolute atomic E-state index is 12.7. The maximum atomic E-state index is 12.7. The molecule has 3 N–H and O–H groups in total. The van der Waals surface area contributed by atoms with Crippen molar-refractivity contribution in [2.24, 2.45) is 0 Å². The fourth-order valence-corrected chi connectivity index (χ4v) is 5.95. The average molecular weight is 863 g/mol. The average Bonchev–Trinajstić information content (AvgIpc) is 3.19. The summed E-state index contributed by atoms with van der Waals surface area (Å²) in [5, 5.41) is 20.7. The Kier molecular flexibility index (Phi) is 36.7. The molecule has 0 saturated heterocycles. The van der Waals surface area contributed by atoms with E-state index in [-0.39, 0.29) is 38.7 Å². The van der Waals surface area contributed by atoms with Crippen LogP contribution in [0.4, 0.5) is 0 Å². The quantitative estimate of drug-likeness (QED) is 0.0180. The van der Waals surface area contributed by atoms with E-state index in [1.54, 1.807) is 0 Å². The predicted molar refractivity (Wildman–Crippen MR) is 245 cm³/mol. The van der Waals surface area contributed by atoms with Crippen molar-refractivity contribution < 1.29 is 52.3 Å².